The van der Waals surface area contributed by atoms with E-state index < -0.39 is 52.4 Å². The van der Waals surface area contributed by atoms with Crippen LogP contribution in [-0.4, -0.2) is 62.5 Å². The van der Waals surface area contributed by atoms with E-state index in [4.69, 9.17) is 9.47 Å². The molecule has 1 saturated heterocycles. The number of pyridine rings is 1. The number of nitrogens with one attached hydrogen (secondary N) is 4. The van der Waals surface area contributed by atoms with Gasteiger partial charge in [-0.05, 0) is 71.8 Å². The Morgan fingerprint density at radius 2 is 1.43 bits per heavy atom. The summed E-state index contributed by atoms with van der Waals surface area (Å²) in [5, 5.41) is 17.9. The minimum absolute atomic E-state index is 0.0531. The van der Waals surface area contributed by atoms with E-state index in [2.05, 4.69) is 25.9 Å². The molecule has 2 aromatic carbocycles. The normalized spacial score (nSPS) is 16.5. The summed E-state index contributed by atoms with van der Waals surface area (Å²) in [5.41, 5.74) is -1.20. The van der Waals surface area contributed by atoms with Crippen LogP contribution in [0.5, 0.6) is 17.4 Å². The highest BCUT2D eigenvalue weighted by Gasteiger charge is 2.37. The first-order valence-corrected chi connectivity index (χ1v) is 15.0. The lowest BCUT2D eigenvalue weighted by atomic mass is 10.0. The van der Waals surface area contributed by atoms with Crippen molar-refractivity contribution in [3.05, 3.63) is 117 Å². The Morgan fingerprint density at radius 3 is 2.10 bits per heavy atom. The maximum atomic E-state index is 13.6. The van der Waals surface area contributed by atoms with E-state index in [0.717, 1.165) is 9.47 Å². The summed E-state index contributed by atoms with van der Waals surface area (Å²) in [7, 11) is 0. The van der Waals surface area contributed by atoms with Gasteiger partial charge in [0, 0.05) is 12.4 Å². The molecule has 0 saturated carbocycles. The van der Waals surface area contributed by atoms with E-state index in [-0.39, 0.29) is 41.5 Å². The summed E-state index contributed by atoms with van der Waals surface area (Å²) in [6, 6.07) is 10.7. The number of ether oxygens (including phenoxy) is 2. The smallest absolute Gasteiger partial charge is 0.335 e. The SMILES string of the molecule is O=C1COc2ccc(N3C(=O)NC(=O)C(=CC=C(C=Cc4c(O)[nH]c(=O)n(-c5ccc6c(c5)NC(=O)CO6)c4=O)c4ccncc4)C3=O)cc2N1. The Morgan fingerprint density at radius 1 is 0.804 bits per heavy atom. The topological polar surface area (TPSA) is 231 Å². The van der Waals surface area contributed by atoms with Gasteiger partial charge in [-0.1, -0.05) is 12.2 Å². The summed E-state index contributed by atoms with van der Waals surface area (Å²) < 4.78 is 11.4. The van der Waals surface area contributed by atoms with Gasteiger partial charge in [0.15, 0.2) is 13.2 Å². The molecule has 17 nitrogen and oxygen atoms in total. The van der Waals surface area contributed by atoms with Crippen molar-refractivity contribution in [1.29, 1.82) is 0 Å². The molecule has 254 valence electrons. The lowest BCUT2D eigenvalue weighted by molar-refractivity contribution is -0.123. The fourth-order valence-electron chi connectivity index (χ4n) is 5.39. The van der Waals surface area contributed by atoms with Gasteiger partial charge in [0.05, 0.1) is 22.7 Å². The number of aromatic amines is 1. The third-order valence-electron chi connectivity index (χ3n) is 7.80. The molecule has 0 radical (unpaired) electrons. The number of nitrogens with zero attached hydrogens (tertiary/aromatic N) is 3. The number of imide groups is 2. The summed E-state index contributed by atoms with van der Waals surface area (Å²) in [6.45, 7) is -0.383. The van der Waals surface area contributed by atoms with Crippen LogP contribution in [0.2, 0.25) is 0 Å². The van der Waals surface area contributed by atoms with Gasteiger partial charge in [0.1, 0.15) is 22.6 Å². The number of fused-ring (bicyclic) bond motifs is 2. The molecule has 0 bridgehead atoms. The molecule has 2 aromatic heterocycles. The van der Waals surface area contributed by atoms with E-state index in [1.54, 1.807) is 12.1 Å². The maximum absolute atomic E-state index is 13.6. The molecule has 5 N–H and O–H groups in total. The zero-order valence-corrected chi connectivity index (χ0v) is 26.0. The molecule has 0 aliphatic carbocycles. The van der Waals surface area contributed by atoms with E-state index >= 15 is 0 Å². The van der Waals surface area contributed by atoms with Crippen LogP contribution in [0.4, 0.5) is 21.9 Å². The summed E-state index contributed by atoms with van der Waals surface area (Å²) >= 11 is 0. The molecule has 0 unspecified atom stereocenters. The van der Waals surface area contributed by atoms with Gasteiger partial charge >= 0.3 is 11.7 Å². The number of aromatic hydroxyl groups is 1. The second-order valence-electron chi connectivity index (χ2n) is 11.0. The Bertz CT molecular complexity index is 2410. The fourth-order valence-corrected chi connectivity index (χ4v) is 5.39. The van der Waals surface area contributed by atoms with Gasteiger partial charge in [-0.2, -0.15) is 0 Å². The largest absolute Gasteiger partial charge is 0.494 e. The molecular formula is C34H23N7O10. The van der Waals surface area contributed by atoms with Gasteiger partial charge in [-0.15, -0.1) is 0 Å². The standard InChI is InChI=1S/C34H23N7O10/c42-27-15-50-25-7-3-19(13-23(25)36-27)40-31(46)21(29(44)38-33(40)48)5-1-17(18-9-11-35-12-10-18)2-6-22-30(45)39-34(49)41(32(22)47)20-4-8-26-24(14-20)37-28(43)16-51-26/h1-14,44H,15-16H2,(H,36,42)(H,37,43)(H,38,48)(H,39,45,49). The molecule has 0 spiro atoms. The zero-order chi connectivity index (χ0) is 35.8. The Labute approximate surface area is 285 Å². The van der Waals surface area contributed by atoms with Crippen molar-refractivity contribution < 1.29 is 38.6 Å². The number of allylic oxidation sites excluding steroid dienone is 4. The predicted molar refractivity (Wildman–Crippen MR) is 179 cm³/mol. The van der Waals surface area contributed by atoms with Gasteiger partial charge in [0.2, 0.25) is 5.88 Å². The van der Waals surface area contributed by atoms with Gasteiger partial charge in [0.25, 0.3) is 29.2 Å². The van der Waals surface area contributed by atoms with Crippen molar-refractivity contribution in [3.8, 4) is 23.1 Å². The highest BCUT2D eigenvalue weighted by molar-refractivity contribution is 6.37. The van der Waals surface area contributed by atoms with Gasteiger partial charge < -0.3 is 25.2 Å². The highest BCUT2D eigenvalue weighted by Crippen LogP contribution is 2.33. The third kappa shape index (κ3) is 6.13. The van der Waals surface area contributed by atoms with Gasteiger partial charge in [-0.25, -0.2) is 19.1 Å². The molecule has 17 heteroatoms. The maximum Gasteiger partial charge on any atom is 0.335 e. The molecule has 4 aromatic rings. The molecule has 6 amide bonds. The summed E-state index contributed by atoms with van der Waals surface area (Å²) in [4.78, 5) is 96.2. The number of anilines is 3. The molecular weight excluding hydrogens is 666 g/mol. The first-order valence-electron chi connectivity index (χ1n) is 15.0. The van der Waals surface area contributed by atoms with Crippen molar-refractivity contribution in [2.45, 2.75) is 0 Å². The van der Waals surface area contributed by atoms with E-state index in [1.165, 1.54) is 73.1 Å². The van der Waals surface area contributed by atoms with Crippen LogP contribution >= 0.6 is 0 Å². The van der Waals surface area contributed by atoms with Crippen molar-refractivity contribution in [2.24, 2.45) is 0 Å². The minimum atomic E-state index is -1.01. The molecule has 3 aliphatic heterocycles. The Balaban J connectivity index is 1.25. The number of urea groups is 1. The fraction of sp³-hybridized carbons (Fsp3) is 0.0588. The second kappa shape index (κ2) is 12.8. The molecule has 5 heterocycles. The lowest BCUT2D eigenvalue weighted by Gasteiger charge is -2.27. The van der Waals surface area contributed by atoms with Crippen LogP contribution < -0.4 is 41.6 Å². The van der Waals surface area contributed by atoms with Crippen molar-refractivity contribution in [1.82, 2.24) is 19.9 Å². The molecule has 7 rings (SSSR count). The first-order chi connectivity index (χ1) is 24.6. The van der Waals surface area contributed by atoms with Crippen LogP contribution in [-0.2, 0) is 19.2 Å². The highest BCUT2D eigenvalue weighted by atomic mass is 16.5. The van der Waals surface area contributed by atoms with Crippen LogP contribution in [0.15, 0.2) is 94.3 Å². The second-order valence-corrected chi connectivity index (χ2v) is 11.0. The average Bonchev–Trinajstić information content (AvgIpc) is 3.10. The van der Waals surface area contributed by atoms with Crippen LogP contribution in [0.3, 0.4) is 0 Å². The van der Waals surface area contributed by atoms with Crippen LogP contribution in [0.1, 0.15) is 11.1 Å². The Hall–Kier alpha value is -7.56. The number of H-pyrrole nitrogens is 1. The van der Waals surface area contributed by atoms with Crippen LogP contribution in [0.25, 0.3) is 17.3 Å². The molecule has 0 atom stereocenters. The number of barbiturate groups is 1. The van der Waals surface area contributed by atoms with Crippen molar-refractivity contribution in [2.75, 3.05) is 28.7 Å². The molecule has 1 fully saturated rings. The predicted octanol–water partition coefficient (Wildman–Crippen LogP) is 1.59. The number of benzene rings is 2. The first kappa shape index (κ1) is 32.0. The summed E-state index contributed by atoms with van der Waals surface area (Å²) in [5.74, 6) is -2.85. The lowest BCUT2D eigenvalue weighted by Crippen LogP contribution is -2.54. The number of rotatable bonds is 6. The number of hydrogen-bond acceptors (Lipinski definition) is 11. The van der Waals surface area contributed by atoms with Crippen molar-refractivity contribution >= 4 is 58.4 Å². The summed E-state index contributed by atoms with van der Waals surface area (Å²) in [6.07, 6.45) is 8.12. The van der Waals surface area contributed by atoms with E-state index in [0.29, 0.717) is 22.6 Å². The quantitative estimate of drug-likeness (QED) is 0.111. The van der Waals surface area contributed by atoms with Gasteiger partial charge in [-0.3, -0.25) is 39.3 Å². The third-order valence-corrected chi connectivity index (χ3v) is 7.80. The number of hydrogen-bond donors (Lipinski definition) is 5. The number of amides is 6. The molecule has 3 aliphatic rings. The Kier molecular flexibility index (Phi) is 8.04. The number of carbonyl (C=O) groups is 5. The van der Waals surface area contributed by atoms with Crippen molar-refractivity contribution in [3.63, 3.8) is 0 Å². The van der Waals surface area contributed by atoms with E-state index in [1.807, 2.05) is 0 Å². The van der Waals surface area contributed by atoms with Crippen LogP contribution in [0, 0.1) is 0 Å². The average molecular weight is 690 g/mol. The van der Waals surface area contributed by atoms with E-state index in [9.17, 15) is 38.7 Å². The monoisotopic (exact) mass is 689 g/mol. The molecule has 51 heavy (non-hydrogen) atoms. The number of carbonyl (C=O) groups excluding carboxylic acids is 5. The zero-order valence-electron chi connectivity index (χ0n) is 26.0. The number of aromatic nitrogens is 3. The minimum Gasteiger partial charge on any atom is -0.494 e.